The maximum Gasteiger partial charge on any atom is 0.219 e. The van der Waals surface area contributed by atoms with Gasteiger partial charge in [0.1, 0.15) is 5.75 Å². The largest absolute Gasteiger partial charge is 0.496 e. The number of ether oxygens (including phenoxy) is 1. The first-order valence-corrected chi connectivity index (χ1v) is 8.17. The van der Waals surface area contributed by atoms with Crippen LogP contribution < -0.4 is 15.0 Å². The van der Waals surface area contributed by atoms with Crippen molar-refractivity contribution in [3.8, 4) is 5.75 Å². The molecule has 0 bridgehead atoms. The van der Waals surface area contributed by atoms with Crippen LogP contribution in [-0.4, -0.2) is 37.6 Å². The number of anilines is 2. The number of nitrogens with zero attached hydrogens (tertiary/aromatic N) is 2. The van der Waals surface area contributed by atoms with E-state index in [2.05, 4.69) is 28.9 Å². The van der Waals surface area contributed by atoms with Crippen molar-refractivity contribution in [2.45, 2.75) is 33.2 Å². The Kier molecular flexibility index (Phi) is 5.54. The summed E-state index contributed by atoms with van der Waals surface area (Å²) >= 11 is 0. The van der Waals surface area contributed by atoms with Crippen LogP contribution in [0.1, 0.15) is 25.8 Å². The van der Waals surface area contributed by atoms with Crippen LogP contribution >= 0.6 is 0 Å². The Balaban J connectivity index is 2.36. The molecule has 1 heterocycles. The van der Waals surface area contributed by atoms with E-state index in [4.69, 9.17) is 4.74 Å². The van der Waals surface area contributed by atoms with E-state index < -0.39 is 0 Å². The maximum absolute atomic E-state index is 11.5. The third-order valence-corrected chi connectivity index (χ3v) is 4.51. The highest BCUT2D eigenvalue weighted by atomic mass is 16.5. The number of nitrogens with one attached hydrogen (secondary N) is 1. The first-order chi connectivity index (χ1) is 11.4. The smallest absolute Gasteiger partial charge is 0.219 e. The van der Waals surface area contributed by atoms with Gasteiger partial charge in [-0.1, -0.05) is 12.7 Å². The van der Waals surface area contributed by atoms with E-state index in [0.29, 0.717) is 6.54 Å². The van der Waals surface area contributed by atoms with E-state index in [1.165, 1.54) is 0 Å². The zero-order valence-corrected chi connectivity index (χ0v) is 15.2. The minimum Gasteiger partial charge on any atom is -0.496 e. The number of methoxy groups -OCH3 is 1. The monoisotopic (exact) mass is 329 g/mol. The molecule has 0 aliphatic carbocycles. The van der Waals surface area contributed by atoms with Gasteiger partial charge in [-0.3, -0.25) is 4.79 Å². The second-order valence-corrected chi connectivity index (χ2v) is 6.03. The van der Waals surface area contributed by atoms with Crippen LogP contribution in [0.4, 0.5) is 11.4 Å². The summed E-state index contributed by atoms with van der Waals surface area (Å²) < 4.78 is 5.45. The molecule has 0 fully saturated rings. The lowest BCUT2D eigenvalue weighted by atomic mass is 10.0. The van der Waals surface area contributed by atoms with Gasteiger partial charge in [0.15, 0.2) is 0 Å². The molecular weight excluding hydrogens is 302 g/mol. The average molecular weight is 329 g/mol. The zero-order valence-electron chi connectivity index (χ0n) is 15.2. The van der Waals surface area contributed by atoms with Crippen molar-refractivity contribution >= 4 is 17.3 Å². The topological polar surface area (TPSA) is 44.8 Å². The fourth-order valence-corrected chi connectivity index (χ4v) is 3.02. The van der Waals surface area contributed by atoms with Gasteiger partial charge >= 0.3 is 0 Å². The van der Waals surface area contributed by atoms with Crippen LogP contribution in [0.25, 0.3) is 0 Å². The van der Waals surface area contributed by atoms with Gasteiger partial charge in [0.05, 0.1) is 24.5 Å². The van der Waals surface area contributed by atoms with E-state index in [9.17, 15) is 4.79 Å². The Bertz CT molecular complexity index is 667. The van der Waals surface area contributed by atoms with Crippen LogP contribution in [0.5, 0.6) is 5.75 Å². The molecule has 0 aromatic heterocycles. The average Bonchev–Trinajstić information content (AvgIpc) is 2.57. The number of amides is 1. The number of rotatable bonds is 5. The van der Waals surface area contributed by atoms with E-state index in [1.807, 2.05) is 33.2 Å². The lowest BCUT2D eigenvalue weighted by Gasteiger charge is -2.38. The van der Waals surface area contributed by atoms with Gasteiger partial charge in [-0.25, -0.2) is 0 Å². The Hall–Kier alpha value is -2.43. The highest BCUT2D eigenvalue weighted by Crippen LogP contribution is 2.40. The van der Waals surface area contributed by atoms with Crippen LogP contribution in [0.2, 0.25) is 0 Å². The molecule has 1 atom stereocenters. The summed E-state index contributed by atoms with van der Waals surface area (Å²) in [5.74, 6) is 0.930. The first-order valence-electron chi connectivity index (χ1n) is 8.17. The van der Waals surface area contributed by atoms with Gasteiger partial charge in [-0.15, -0.1) is 0 Å². The SMILES string of the molecule is C=CN1/C(=C\C)C(CCN(C)C(C)=O)Nc2cc(OC)c(C)cc21. The predicted octanol–water partition coefficient (Wildman–Crippen LogP) is 3.52. The molecule has 1 unspecified atom stereocenters. The summed E-state index contributed by atoms with van der Waals surface area (Å²) in [6.45, 7) is 10.3. The summed E-state index contributed by atoms with van der Waals surface area (Å²) in [6, 6.07) is 4.23. The molecule has 1 N–H and O–H groups in total. The Morgan fingerprint density at radius 1 is 1.50 bits per heavy atom. The molecule has 0 radical (unpaired) electrons. The third-order valence-electron chi connectivity index (χ3n) is 4.51. The van der Waals surface area contributed by atoms with Crippen molar-refractivity contribution in [1.82, 2.24) is 4.90 Å². The molecule has 0 saturated carbocycles. The van der Waals surface area contributed by atoms with E-state index in [1.54, 1.807) is 18.9 Å². The molecule has 130 valence electrons. The van der Waals surface area contributed by atoms with Gasteiger partial charge in [0.25, 0.3) is 0 Å². The Labute approximate surface area is 144 Å². The van der Waals surface area contributed by atoms with Crippen LogP contribution in [0.15, 0.2) is 36.7 Å². The number of benzene rings is 1. The molecule has 5 nitrogen and oxygen atoms in total. The van der Waals surface area contributed by atoms with Crippen molar-refractivity contribution in [2.24, 2.45) is 0 Å². The Morgan fingerprint density at radius 2 is 2.21 bits per heavy atom. The number of aryl methyl sites for hydroxylation is 1. The van der Waals surface area contributed by atoms with Crippen LogP contribution in [0, 0.1) is 6.92 Å². The van der Waals surface area contributed by atoms with Crippen LogP contribution in [0.3, 0.4) is 0 Å². The molecule has 2 rings (SSSR count). The molecular formula is C19H27N3O2. The highest BCUT2D eigenvalue weighted by molar-refractivity contribution is 5.80. The van der Waals surface area contributed by atoms with E-state index in [-0.39, 0.29) is 11.9 Å². The van der Waals surface area contributed by atoms with Gasteiger partial charge in [0.2, 0.25) is 5.91 Å². The van der Waals surface area contributed by atoms with Gasteiger partial charge in [0, 0.05) is 38.5 Å². The summed E-state index contributed by atoms with van der Waals surface area (Å²) in [5, 5.41) is 3.58. The quantitative estimate of drug-likeness (QED) is 0.898. The zero-order chi connectivity index (χ0) is 17.9. The highest BCUT2D eigenvalue weighted by Gasteiger charge is 2.28. The van der Waals surface area contributed by atoms with E-state index in [0.717, 1.165) is 34.8 Å². The van der Waals surface area contributed by atoms with E-state index >= 15 is 0 Å². The molecule has 0 spiro atoms. The number of hydrogen-bond donors (Lipinski definition) is 1. The second kappa shape index (κ2) is 7.43. The number of allylic oxidation sites excluding steroid dienone is 1. The minimum absolute atomic E-state index is 0.0751. The normalized spacial score (nSPS) is 18.0. The van der Waals surface area contributed by atoms with Crippen molar-refractivity contribution in [3.05, 3.63) is 42.2 Å². The minimum atomic E-state index is 0.0751. The predicted molar refractivity (Wildman–Crippen MR) is 99.5 cm³/mol. The van der Waals surface area contributed by atoms with Gasteiger partial charge < -0.3 is 19.9 Å². The summed E-state index contributed by atoms with van der Waals surface area (Å²) in [5.41, 5.74) is 4.29. The summed E-state index contributed by atoms with van der Waals surface area (Å²) in [4.78, 5) is 15.3. The Morgan fingerprint density at radius 3 is 2.75 bits per heavy atom. The first kappa shape index (κ1) is 17.9. The maximum atomic E-state index is 11.5. The standard InChI is InChI=1S/C19H27N3O2/c1-7-17-15(9-10-21(5)14(4)23)20-16-12-19(24-6)13(3)11-18(16)22(17)8-2/h7-8,11-12,15,20H,2,9-10H2,1,3-6H3/b17-7-. The van der Waals surface area contributed by atoms with Crippen molar-refractivity contribution in [3.63, 3.8) is 0 Å². The van der Waals surface area contributed by atoms with Crippen LogP contribution in [-0.2, 0) is 4.79 Å². The fourth-order valence-electron chi connectivity index (χ4n) is 3.02. The molecule has 1 aromatic rings. The molecule has 1 aromatic carbocycles. The number of hydrogen-bond acceptors (Lipinski definition) is 4. The van der Waals surface area contributed by atoms with Crippen molar-refractivity contribution < 1.29 is 9.53 Å². The molecule has 24 heavy (non-hydrogen) atoms. The number of carbonyl (C=O) groups excluding carboxylic acids is 1. The summed E-state index contributed by atoms with van der Waals surface area (Å²) in [7, 11) is 3.51. The molecule has 1 aliphatic rings. The third kappa shape index (κ3) is 3.40. The van der Waals surface area contributed by atoms with Crippen molar-refractivity contribution in [2.75, 3.05) is 30.9 Å². The van der Waals surface area contributed by atoms with Gasteiger partial charge in [-0.05, 0) is 31.9 Å². The second-order valence-electron chi connectivity index (χ2n) is 6.03. The lowest BCUT2D eigenvalue weighted by Crippen LogP contribution is -2.39. The number of fused-ring (bicyclic) bond motifs is 1. The molecule has 5 heteroatoms. The van der Waals surface area contributed by atoms with Gasteiger partial charge in [-0.2, -0.15) is 0 Å². The van der Waals surface area contributed by atoms with Crippen molar-refractivity contribution in [1.29, 1.82) is 0 Å². The molecule has 1 amide bonds. The number of carbonyl (C=O) groups is 1. The summed E-state index contributed by atoms with van der Waals surface area (Å²) in [6.07, 6.45) is 4.74. The molecule has 0 saturated heterocycles. The fraction of sp³-hybridized carbons (Fsp3) is 0.421. The lowest BCUT2D eigenvalue weighted by molar-refractivity contribution is -0.127. The molecule has 1 aliphatic heterocycles.